The second-order valence-electron chi connectivity index (χ2n) is 5.67. The van der Waals surface area contributed by atoms with Gasteiger partial charge in [-0.1, -0.05) is 55.5 Å². The van der Waals surface area contributed by atoms with E-state index in [4.69, 9.17) is 0 Å². The Hall–Kier alpha value is -1.64. The highest BCUT2D eigenvalue weighted by atomic mass is 16.3. The molecule has 0 saturated heterocycles. The Bertz CT molecular complexity index is 565. The van der Waals surface area contributed by atoms with Crippen LogP contribution in [0.3, 0.4) is 0 Å². The van der Waals surface area contributed by atoms with Crippen molar-refractivity contribution in [3.05, 3.63) is 70.8 Å². The van der Waals surface area contributed by atoms with Crippen molar-refractivity contribution in [2.75, 3.05) is 0 Å². The molecule has 2 heteroatoms. The van der Waals surface area contributed by atoms with Crippen LogP contribution in [0.25, 0.3) is 0 Å². The predicted octanol–water partition coefficient (Wildman–Crippen LogP) is 3.91. The molecule has 0 heterocycles. The van der Waals surface area contributed by atoms with E-state index in [9.17, 15) is 5.11 Å². The number of aliphatic hydroxyl groups is 1. The molecule has 112 valence electrons. The fraction of sp³-hybridized carbons (Fsp3) is 0.368. The average Bonchev–Trinajstić information content (AvgIpc) is 2.51. The Balaban J connectivity index is 2.04. The van der Waals surface area contributed by atoms with E-state index >= 15 is 0 Å². The third kappa shape index (κ3) is 4.16. The number of aliphatic hydroxyl groups excluding tert-OH is 1. The highest BCUT2D eigenvalue weighted by Gasteiger charge is 2.19. The first kappa shape index (κ1) is 15.7. The van der Waals surface area contributed by atoms with E-state index in [0.29, 0.717) is 0 Å². The van der Waals surface area contributed by atoms with Crippen LogP contribution in [-0.4, -0.2) is 11.1 Å². The molecule has 2 rings (SSSR count). The molecule has 0 saturated carbocycles. The summed E-state index contributed by atoms with van der Waals surface area (Å²) in [6.45, 7) is 7.06. The smallest absolute Gasteiger partial charge is 0.0943 e. The third-order valence-electron chi connectivity index (χ3n) is 4.10. The molecule has 0 bridgehead atoms. The first-order valence-corrected chi connectivity index (χ1v) is 7.64. The highest BCUT2D eigenvalue weighted by molar-refractivity contribution is 5.31. The van der Waals surface area contributed by atoms with Crippen LogP contribution < -0.4 is 5.32 Å². The van der Waals surface area contributed by atoms with Gasteiger partial charge >= 0.3 is 0 Å². The summed E-state index contributed by atoms with van der Waals surface area (Å²) in [5, 5.41) is 14.1. The largest absolute Gasteiger partial charge is 0.387 e. The van der Waals surface area contributed by atoms with Crippen molar-refractivity contribution in [2.45, 2.75) is 45.9 Å². The third-order valence-corrected chi connectivity index (χ3v) is 4.10. The summed E-state index contributed by atoms with van der Waals surface area (Å²) in [4.78, 5) is 0. The zero-order chi connectivity index (χ0) is 15.2. The topological polar surface area (TPSA) is 32.3 Å². The summed E-state index contributed by atoms with van der Waals surface area (Å²) in [6, 6.07) is 16.6. The highest BCUT2D eigenvalue weighted by Crippen LogP contribution is 2.22. The van der Waals surface area contributed by atoms with Gasteiger partial charge in [-0.2, -0.15) is 0 Å². The van der Waals surface area contributed by atoms with Gasteiger partial charge in [-0.3, -0.25) is 0 Å². The normalized spacial score (nSPS) is 13.9. The maximum atomic E-state index is 10.6. The molecule has 2 atom stereocenters. The maximum Gasteiger partial charge on any atom is 0.0943 e. The van der Waals surface area contributed by atoms with Crippen LogP contribution >= 0.6 is 0 Å². The summed E-state index contributed by atoms with van der Waals surface area (Å²) in [6.07, 6.45) is 0.416. The van der Waals surface area contributed by atoms with Gasteiger partial charge in [0.05, 0.1) is 6.10 Å². The Kier molecular flexibility index (Phi) is 5.54. The number of benzene rings is 2. The minimum absolute atomic E-state index is 0.0623. The lowest BCUT2D eigenvalue weighted by Gasteiger charge is -2.24. The Morgan fingerprint density at radius 1 is 1.00 bits per heavy atom. The summed E-state index contributed by atoms with van der Waals surface area (Å²) < 4.78 is 0. The van der Waals surface area contributed by atoms with Crippen molar-refractivity contribution in [3.8, 4) is 0 Å². The van der Waals surface area contributed by atoms with E-state index in [-0.39, 0.29) is 6.04 Å². The molecule has 0 aromatic heterocycles. The van der Waals surface area contributed by atoms with Crippen LogP contribution in [0.1, 0.15) is 41.7 Å². The summed E-state index contributed by atoms with van der Waals surface area (Å²) in [5.41, 5.74) is 4.72. The van der Waals surface area contributed by atoms with Gasteiger partial charge in [-0.25, -0.2) is 0 Å². The number of hydrogen-bond acceptors (Lipinski definition) is 2. The number of nitrogens with one attached hydrogen (secondary N) is 1. The molecular formula is C19H25NO. The van der Waals surface area contributed by atoms with Gasteiger partial charge in [0.2, 0.25) is 0 Å². The van der Waals surface area contributed by atoms with Crippen LogP contribution in [0.5, 0.6) is 0 Å². The number of rotatable bonds is 6. The molecule has 0 aliphatic heterocycles. The lowest BCUT2D eigenvalue weighted by atomic mass is 9.96. The Morgan fingerprint density at radius 2 is 1.71 bits per heavy atom. The second-order valence-corrected chi connectivity index (χ2v) is 5.67. The zero-order valence-electron chi connectivity index (χ0n) is 13.1. The molecular weight excluding hydrogens is 258 g/mol. The van der Waals surface area contributed by atoms with Crippen molar-refractivity contribution in [1.29, 1.82) is 0 Å². The van der Waals surface area contributed by atoms with Crippen LogP contribution in [0, 0.1) is 13.8 Å². The molecule has 0 fully saturated rings. The van der Waals surface area contributed by atoms with Crippen LogP contribution in [-0.2, 0) is 6.54 Å². The lowest BCUT2D eigenvalue weighted by Crippen LogP contribution is -2.34. The molecule has 2 aromatic rings. The molecule has 21 heavy (non-hydrogen) atoms. The van der Waals surface area contributed by atoms with E-state index < -0.39 is 6.10 Å². The fourth-order valence-electron chi connectivity index (χ4n) is 2.50. The molecule has 2 nitrogen and oxygen atoms in total. The summed E-state index contributed by atoms with van der Waals surface area (Å²) >= 11 is 0. The Labute approximate surface area is 127 Å². The van der Waals surface area contributed by atoms with Crippen LogP contribution in [0.15, 0.2) is 48.5 Å². The van der Waals surface area contributed by atoms with Gasteiger partial charge in [-0.05, 0) is 42.5 Å². The zero-order valence-corrected chi connectivity index (χ0v) is 13.1. The van der Waals surface area contributed by atoms with Crippen LogP contribution in [0.4, 0.5) is 0 Å². The van der Waals surface area contributed by atoms with Crippen molar-refractivity contribution >= 4 is 0 Å². The molecule has 0 aliphatic rings. The van der Waals surface area contributed by atoms with Gasteiger partial charge in [-0.15, -0.1) is 0 Å². The van der Waals surface area contributed by atoms with E-state index in [1.54, 1.807) is 0 Å². The van der Waals surface area contributed by atoms with Gasteiger partial charge in [0.1, 0.15) is 0 Å². The van der Waals surface area contributed by atoms with Crippen molar-refractivity contribution < 1.29 is 5.11 Å². The van der Waals surface area contributed by atoms with Gasteiger partial charge in [0.25, 0.3) is 0 Å². The number of hydrogen-bond donors (Lipinski definition) is 2. The Morgan fingerprint density at radius 3 is 2.33 bits per heavy atom. The van der Waals surface area contributed by atoms with Gasteiger partial charge in [0.15, 0.2) is 0 Å². The van der Waals surface area contributed by atoms with Crippen molar-refractivity contribution in [2.24, 2.45) is 0 Å². The van der Waals surface area contributed by atoms with Crippen molar-refractivity contribution in [3.63, 3.8) is 0 Å². The molecule has 0 amide bonds. The fourth-order valence-corrected chi connectivity index (χ4v) is 2.50. The quantitative estimate of drug-likeness (QED) is 0.842. The lowest BCUT2D eigenvalue weighted by molar-refractivity contribution is 0.125. The molecule has 2 N–H and O–H groups in total. The minimum atomic E-state index is -0.474. The first-order valence-electron chi connectivity index (χ1n) is 7.64. The van der Waals surface area contributed by atoms with E-state index in [2.05, 4.69) is 50.4 Å². The summed E-state index contributed by atoms with van der Waals surface area (Å²) in [7, 11) is 0. The summed E-state index contributed by atoms with van der Waals surface area (Å²) in [5.74, 6) is 0. The van der Waals surface area contributed by atoms with Gasteiger partial charge < -0.3 is 10.4 Å². The van der Waals surface area contributed by atoms with Crippen molar-refractivity contribution in [1.82, 2.24) is 5.32 Å². The van der Waals surface area contributed by atoms with E-state index in [1.165, 1.54) is 16.7 Å². The minimum Gasteiger partial charge on any atom is -0.387 e. The SMILES string of the molecule is CCC(NCc1ccccc1)C(O)c1ccc(C)c(C)c1. The predicted molar refractivity (Wildman–Crippen MR) is 88.2 cm³/mol. The molecule has 0 aliphatic carbocycles. The molecule has 2 aromatic carbocycles. The standard InChI is InChI=1S/C19H25NO/c1-4-18(20-13-16-8-6-5-7-9-16)19(21)17-11-10-14(2)15(3)12-17/h5-12,18-21H,4,13H2,1-3H3. The van der Waals surface area contributed by atoms with E-state index in [1.807, 2.05) is 24.3 Å². The molecule has 2 unspecified atom stereocenters. The number of aryl methyl sites for hydroxylation is 2. The second kappa shape index (κ2) is 7.39. The molecule has 0 spiro atoms. The molecule has 0 radical (unpaired) electrons. The maximum absolute atomic E-state index is 10.6. The first-order chi connectivity index (χ1) is 10.1. The van der Waals surface area contributed by atoms with Crippen LogP contribution in [0.2, 0.25) is 0 Å². The average molecular weight is 283 g/mol. The monoisotopic (exact) mass is 283 g/mol. The van der Waals surface area contributed by atoms with Gasteiger partial charge in [0, 0.05) is 12.6 Å². The van der Waals surface area contributed by atoms with E-state index in [0.717, 1.165) is 18.5 Å².